The third-order valence-corrected chi connectivity index (χ3v) is 5.06. The van der Waals surface area contributed by atoms with Crippen LogP contribution in [0.1, 0.15) is 40.0 Å². The average molecular weight is 283 g/mol. The molecule has 0 aromatic heterocycles. The van der Waals surface area contributed by atoms with E-state index < -0.39 is 0 Å². The first-order chi connectivity index (χ1) is 9.59. The number of nitrogens with two attached hydrogens (primary N) is 1. The molecule has 4 heteroatoms. The van der Waals surface area contributed by atoms with Crippen molar-refractivity contribution in [2.45, 2.75) is 51.7 Å². The SMILES string of the molecule is CCC1CN(C2(CN)CCN(CC(C)C)CC2)CCO1. The topological polar surface area (TPSA) is 41.7 Å². The summed E-state index contributed by atoms with van der Waals surface area (Å²) in [7, 11) is 0. The Balaban J connectivity index is 1.94. The van der Waals surface area contributed by atoms with Crippen LogP contribution in [0.2, 0.25) is 0 Å². The second-order valence-corrected chi connectivity index (χ2v) is 6.97. The van der Waals surface area contributed by atoms with Crippen LogP contribution in [0, 0.1) is 5.92 Å². The first-order valence-corrected chi connectivity index (χ1v) is 8.38. The predicted octanol–water partition coefficient (Wildman–Crippen LogP) is 1.55. The Hall–Kier alpha value is -0.160. The van der Waals surface area contributed by atoms with E-state index in [2.05, 4.69) is 30.6 Å². The average Bonchev–Trinajstić information content (AvgIpc) is 2.48. The van der Waals surface area contributed by atoms with Crippen molar-refractivity contribution in [3.05, 3.63) is 0 Å². The summed E-state index contributed by atoms with van der Waals surface area (Å²) < 4.78 is 5.82. The highest BCUT2D eigenvalue weighted by Gasteiger charge is 2.40. The summed E-state index contributed by atoms with van der Waals surface area (Å²) in [4.78, 5) is 5.24. The second kappa shape index (κ2) is 7.21. The first kappa shape index (κ1) is 16.2. The number of hydrogen-bond acceptors (Lipinski definition) is 4. The summed E-state index contributed by atoms with van der Waals surface area (Å²) in [6.07, 6.45) is 3.94. The normalized spacial score (nSPS) is 28.9. The highest BCUT2D eigenvalue weighted by molar-refractivity contribution is 4.98. The fourth-order valence-corrected chi connectivity index (χ4v) is 3.71. The van der Waals surface area contributed by atoms with Crippen LogP contribution >= 0.6 is 0 Å². The van der Waals surface area contributed by atoms with E-state index in [0.29, 0.717) is 6.10 Å². The maximum Gasteiger partial charge on any atom is 0.0700 e. The van der Waals surface area contributed by atoms with Crippen molar-refractivity contribution < 1.29 is 4.74 Å². The van der Waals surface area contributed by atoms with Gasteiger partial charge < -0.3 is 15.4 Å². The van der Waals surface area contributed by atoms with Crippen molar-refractivity contribution in [2.75, 3.05) is 45.9 Å². The first-order valence-electron chi connectivity index (χ1n) is 8.38. The predicted molar refractivity (Wildman–Crippen MR) is 83.9 cm³/mol. The minimum absolute atomic E-state index is 0.227. The molecule has 0 aliphatic carbocycles. The third kappa shape index (κ3) is 3.73. The van der Waals surface area contributed by atoms with Crippen molar-refractivity contribution in [3.8, 4) is 0 Å². The van der Waals surface area contributed by atoms with Gasteiger partial charge in [-0.25, -0.2) is 0 Å². The number of nitrogens with zero attached hydrogens (tertiary/aromatic N) is 2. The highest BCUT2D eigenvalue weighted by Crippen LogP contribution is 2.30. The van der Waals surface area contributed by atoms with Crippen LogP contribution in [-0.4, -0.2) is 67.3 Å². The molecule has 2 aliphatic rings. The third-order valence-electron chi connectivity index (χ3n) is 5.06. The lowest BCUT2D eigenvalue weighted by Gasteiger charge is -2.51. The number of hydrogen-bond donors (Lipinski definition) is 1. The van der Waals surface area contributed by atoms with Gasteiger partial charge in [0.05, 0.1) is 12.7 Å². The molecule has 2 saturated heterocycles. The van der Waals surface area contributed by atoms with E-state index in [0.717, 1.165) is 38.6 Å². The van der Waals surface area contributed by atoms with Crippen LogP contribution in [-0.2, 0) is 4.74 Å². The molecule has 4 nitrogen and oxygen atoms in total. The monoisotopic (exact) mass is 283 g/mol. The maximum atomic E-state index is 6.20. The van der Waals surface area contributed by atoms with E-state index in [1.54, 1.807) is 0 Å². The summed E-state index contributed by atoms with van der Waals surface area (Å²) in [5.41, 5.74) is 6.43. The highest BCUT2D eigenvalue weighted by atomic mass is 16.5. The van der Waals surface area contributed by atoms with Crippen LogP contribution in [0.5, 0.6) is 0 Å². The van der Waals surface area contributed by atoms with Crippen LogP contribution in [0.4, 0.5) is 0 Å². The van der Waals surface area contributed by atoms with Gasteiger partial charge in [-0.2, -0.15) is 0 Å². The van der Waals surface area contributed by atoms with Crippen LogP contribution in [0.15, 0.2) is 0 Å². The molecule has 2 rings (SSSR count). The molecule has 0 aromatic carbocycles. The van der Waals surface area contributed by atoms with Gasteiger partial charge in [-0.05, 0) is 38.3 Å². The van der Waals surface area contributed by atoms with Crippen molar-refractivity contribution in [3.63, 3.8) is 0 Å². The molecule has 20 heavy (non-hydrogen) atoms. The molecule has 2 heterocycles. The van der Waals surface area contributed by atoms with Gasteiger partial charge in [0.25, 0.3) is 0 Å². The number of ether oxygens (including phenoxy) is 1. The van der Waals surface area contributed by atoms with Crippen LogP contribution < -0.4 is 5.73 Å². The molecule has 0 aromatic rings. The molecule has 118 valence electrons. The summed E-state index contributed by atoms with van der Waals surface area (Å²) in [5, 5.41) is 0. The Morgan fingerprint density at radius 1 is 1.25 bits per heavy atom. The van der Waals surface area contributed by atoms with E-state index in [-0.39, 0.29) is 5.54 Å². The van der Waals surface area contributed by atoms with E-state index >= 15 is 0 Å². The minimum Gasteiger partial charge on any atom is -0.376 e. The lowest BCUT2D eigenvalue weighted by atomic mass is 9.84. The smallest absolute Gasteiger partial charge is 0.0700 e. The molecule has 0 saturated carbocycles. The Bertz CT molecular complexity index is 287. The largest absolute Gasteiger partial charge is 0.376 e. The molecule has 1 unspecified atom stereocenters. The molecule has 0 radical (unpaired) electrons. The van der Waals surface area contributed by atoms with Crippen LogP contribution in [0.3, 0.4) is 0 Å². The molecule has 2 N–H and O–H groups in total. The number of piperidine rings is 1. The molecule has 0 amide bonds. The number of morpholine rings is 1. The van der Waals surface area contributed by atoms with Gasteiger partial charge in [0.15, 0.2) is 0 Å². The molecule has 2 fully saturated rings. The number of rotatable bonds is 5. The number of likely N-dealkylation sites (tertiary alicyclic amines) is 1. The van der Waals surface area contributed by atoms with Gasteiger partial charge in [-0.3, -0.25) is 4.90 Å². The van der Waals surface area contributed by atoms with E-state index in [9.17, 15) is 0 Å². The Kier molecular flexibility index (Phi) is 5.84. The Morgan fingerprint density at radius 3 is 2.50 bits per heavy atom. The summed E-state index contributed by atoms with van der Waals surface area (Å²) in [5.74, 6) is 0.758. The fourth-order valence-electron chi connectivity index (χ4n) is 3.71. The molecule has 1 atom stereocenters. The van der Waals surface area contributed by atoms with E-state index in [4.69, 9.17) is 10.5 Å². The van der Waals surface area contributed by atoms with Crippen molar-refractivity contribution >= 4 is 0 Å². The summed E-state index contributed by atoms with van der Waals surface area (Å²) in [6.45, 7) is 14.2. The maximum absolute atomic E-state index is 6.20. The zero-order valence-electron chi connectivity index (χ0n) is 13.6. The Labute approximate surface area is 124 Å². The molecular formula is C16H33N3O. The Morgan fingerprint density at radius 2 is 1.95 bits per heavy atom. The second-order valence-electron chi connectivity index (χ2n) is 6.97. The molecule has 0 spiro atoms. The van der Waals surface area contributed by atoms with Crippen molar-refractivity contribution in [1.82, 2.24) is 9.80 Å². The summed E-state index contributed by atoms with van der Waals surface area (Å²) >= 11 is 0. The fraction of sp³-hybridized carbons (Fsp3) is 1.00. The van der Waals surface area contributed by atoms with Gasteiger partial charge in [0.1, 0.15) is 0 Å². The van der Waals surface area contributed by atoms with Gasteiger partial charge in [0.2, 0.25) is 0 Å². The standard InChI is InChI=1S/C16H33N3O/c1-4-15-12-19(9-10-20-15)16(13-17)5-7-18(8-6-16)11-14(2)3/h14-15H,4-13,17H2,1-3H3. The van der Waals surface area contributed by atoms with Gasteiger partial charge >= 0.3 is 0 Å². The van der Waals surface area contributed by atoms with Crippen LogP contribution in [0.25, 0.3) is 0 Å². The molecular weight excluding hydrogens is 250 g/mol. The van der Waals surface area contributed by atoms with E-state index in [1.807, 2.05) is 0 Å². The van der Waals surface area contributed by atoms with Gasteiger partial charge in [0, 0.05) is 31.7 Å². The molecule has 0 bridgehead atoms. The van der Waals surface area contributed by atoms with Gasteiger partial charge in [-0.1, -0.05) is 20.8 Å². The zero-order valence-corrected chi connectivity index (χ0v) is 13.6. The van der Waals surface area contributed by atoms with E-state index in [1.165, 1.54) is 32.5 Å². The van der Waals surface area contributed by atoms with Crippen molar-refractivity contribution in [2.24, 2.45) is 11.7 Å². The quantitative estimate of drug-likeness (QED) is 0.831. The molecule has 2 aliphatic heterocycles. The minimum atomic E-state index is 0.227. The van der Waals surface area contributed by atoms with Crippen molar-refractivity contribution in [1.29, 1.82) is 0 Å². The lowest BCUT2D eigenvalue weighted by Crippen LogP contribution is -2.63. The summed E-state index contributed by atoms with van der Waals surface area (Å²) in [6, 6.07) is 0. The lowest BCUT2D eigenvalue weighted by molar-refractivity contribution is -0.0840. The van der Waals surface area contributed by atoms with Gasteiger partial charge in [-0.15, -0.1) is 0 Å². The zero-order chi connectivity index (χ0) is 14.6.